The lowest BCUT2D eigenvalue weighted by Crippen LogP contribution is -2.44. The summed E-state index contributed by atoms with van der Waals surface area (Å²) in [5.74, 6) is -1.64. The molecule has 3 N–H and O–H groups in total. The van der Waals surface area contributed by atoms with Gasteiger partial charge in [0, 0.05) is 38.0 Å². The smallest absolute Gasteiger partial charge is 0.324 e. The molecule has 2 unspecified atom stereocenters. The molecule has 0 radical (unpaired) electrons. The van der Waals surface area contributed by atoms with Crippen molar-refractivity contribution in [2.75, 3.05) is 37.7 Å². The highest BCUT2D eigenvalue weighted by Gasteiger charge is 2.41. The van der Waals surface area contributed by atoms with Crippen LogP contribution in [0.3, 0.4) is 0 Å². The van der Waals surface area contributed by atoms with Gasteiger partial charge in [-0.3, -0.25) is 9.35 Å². The van der Waals surface area contributed by atoms with Crippen LogP contribution < -0.4 is 15.4 Å². The van der Waals surface area contributed by atoms with Crippen molar-refractivity contribution in [2.45, 2.75) is 82.6 Å². The Morgan fingerprint density at radius 1 is 1.12 bits per heavy atom. The van der Waals surface area contributed by atoms with E-state index in [0.717, 1.165) is 48.6 Å². The summed E-state index contributed by atoms with van der Waals surface area (Å²) < 4.78 is 82.2. The van der Waals surface area contributed by atoms with E-state index in [2.05, 4.69) is 22.0 Å². The minimum atomic E-state index is -4.02. The first-order chi connectivity index (χ1) is 23.0. The molecule has 2 aliphatic heterocycles. The molecule has 2 saturated heterocycles. The first kappa shape index (κ1) is 38.1. The van der Waals surface area contributed by atoms with Gasteiger partial charge in [-0.2, -0.15) is 13.4 Å². The average Bonchev–Trinajstić information content (AvgIpc) is 3.69. The SMILES string of the molecule is CC(C)c1noc(N2CCC(C(C)CCOc3ccc(CC(N)C(=O)N4CCC(F)(F)C4)c(F)c3)CC2)n1.Cc1ccc(S(=O)(=O)O)cc1. The third-order valence-corrected chi connectivity index (χ3v) is 9.85. The van der Waals surface area contributed by atoms with Crippen LogP contribution in [0.4, 0.5) is 19.2 Å². The summed E-state index contributed by atoms with van der Waals surface area (Å²) in [7, 11) is -4.02. The number of aromatic nitrogens is 2. The molecule has 0 spiro atoms. The van der Waals surface area contributed by atoms with E-state index in [0.29, 0.717) is 30.2 Å². The first-order valence-corrected chi connectivity index (χ1v) is 17.9. The van der Waals surface area contributed by atoms with Crippen molar-refractivity contribution < 1.29 is 40.2 Å². The Kier molecular flexibility index (Phi) is 12.7. The number of alkyl halides is 2. The average molecular weight is 710 g/mol. The zero-order valence-electron chi connectivity index (χ0n) is 28.3. The number of carbonyl (C=O) groups excluding carboxylic acids is 1. The van der Waals surface area contributed by atoms with Crippen LogP contribution in [0.5, 0.6) is 5.75 Å². The van der Waals surface area contributed by atoms with E-state index < -0.39 is 40.4 Å². The topological polar surface area (TPSA) is 152 Å². The van der Waals surface area contributed by atoms with Gasteiger partial charge < -0.3 is 24.8 Å². The number of nitrogens with zero attached hydrogens (tertiary/aromatic N) is 4. The molecule has 2 fully saturated rings. The van der Waals surface area contributed by atoms with Gasteiger partial charge in [0.1, 0.15) is 11.6 Å². The summed E-state index contributed by atoms with van der Waals surface area (Å²) in [5.41, 5.74) is 7.13. The molecule has 0 bridgehead atoms. The molecule has 3 aromatic rings. The number of hydrogen-bond acceptors (Lipinski definition) is 9. The minimum Gasteiger partial charge on any atom is -0.493 e. The fourth-order valence-electron chi connectivity index (χ4n) is 5.82. The number of piperidine rings is 1. The number of amides is 1. The van der Waals surface area contributed by atoms with Crippen molar-refractivity contribution in [3.8, 4) is 5.75 Å². The quantitative estimate of drug-likeness (QED) is 0.240. The molecule has 2 aliphatic rings. The van der Waals surface area contributed by atoms with E-state index in [9.17, 15) is 26.4 Å². The number of nitrogens with two attached hydrogens (primary N) is 1. The Balaban J connectivity index is 0.000000418. The summed E-state index contributed by atoms with van der Waals surface area (Å²) in [6.07, 6.45) is 2.45. The van der Waals surface area contributed by atoms with Crippen LogP contribution >= 0.6 is 0 Å². The molecule has 1 amide bonds. The monoisotopic (exact) mass is 709 g/mol. The van der Waals surface area contributed by atoms with E-state index in [4.69, 9.17) is 19.5 Å². The maximum Gasteiger partial charge on any atom is 0.324 e. The van der Waals surface area contributed by atoms with E-state index in [1.165, 1.54) is 24.3 Å². The van der Waals surface area contributed by atoms with E-state index in [1.54, 1.807) is 18.2 Å². The molecule has 49 heavy (non-hydrogen) atoms. The molecule has 2 aromatic carbocycles. The molecule has 0 aliphatic carbocycles. The third kappa shape index (κ3) is 10.9. The van der Waals surface area contributed by atoms with Crippen molar-refractivity contribution in [3.05, 3.63) is 65.2 Å². The molecular weight excluding hydrogens is 663 g/mol. The second-order valence-corrected chi connectivity index (χ2v) is 14.7. The highest BCUT2D eigenvalue weighted by Crippen LogP contribution is 2.30. The molecule has 3 heterocycles. The molecule has 1 aromatic heterocycles. The van der Waals surface area contributed by atoms with Crippen molar-refractivity contribution in [3.63, 3.8) is 0 Å². The van der Waals surface area contributed by atoms with Gasteiger partial charge in [0.25, 0.3) is 16.0 Å². The number of carbonyl (C=O) groups is 1. The molecular formula is C34H46F3N5O6S. The van der Waals surface area contributed by atoms with Gasteiger partial charge in [0.2, 0.25) is 5.91 Å². The first-order valence-electron chi connectivity index (χ1n) is 16.5. The standard InChI is InChI=1S/C27H38F3N5O3.C7H8O3S/c1-17(2)24-32-26(38-33-24)34-10-6-19(7-11-34)18(3)8-13-37-21-5-4-20(22(28)15-21)14-23(31)25(36)35-12-9-27(29,30)16-35;1-6-2-4-7(5-3-6)11(8,9)10/h4-5,15,17-19,23H,6-14,16,31H2,1-3H3;2-5H,1H3,(H,8,9,10). The normalized spacial score (nSPS) is 17.8. The van der Waals surface area contributed by atoms with Gasteiger partial charge in [-0.05, 0) is 68.2 Å². The predicted molar refractivity (Wildman–Crippen MR) is 178 cm³/mol. The van der Waals surface area contributed by atoms with Gasteiger partial charge in [0.05, 0.1) is 24.1 Å². The Morgan fingerprint density at radius 2 is 1.80 bits per heavy atom. The summed E-state index contributed by atoms with van der Waals surface area (Å²) in [4.78, 5) is 20.0. The number of halogens is 3. The lowest BCUT2D eigenvalue weighted by molar-refractivity contribution is -0.133. The van der Waals surface area contributed by atoms with E-state index >= 15 is 0 Å². The lowest BCUT2D eigenvalue weighted by Gasteiger charge is -2.33. The van der Waals surface area contributed by atoms with Crippen LogP contribution in [0.2, 0.25) is 0 Å². The fourth-order valence-corrected chi connectivity index (χ4v) is 6.30. The van der Waals surface area contributed by atoms with Gasteiger partial charge in [-0.25, -0.2) is 13.2 Å². The molecule has 2 atom stereocenters. The van der Waals surface area contributed by atoms with Crippen LogP contribution in [0.25, 0.3) is 0 Å². The van der Waals surface area contributed by atoms with Crippen LogP contribution in [0, 0.1) is 24.6 Å². The van der Waals surface area contributed by atoms with Gasteiger partial charge in [-0.15, -0.1) is 0 Å². The van der Waals surface area contributed by atoms with Crippen molar-refractivity contribution >= 4 is 22.0 Å². The van der Waals surface area contributed by atoms with Crippen molar-refractivity contribution in [1.29, 1.82) is 0 Å². The van der Waals surface area contributed by atoms with Gasteiger partial charge >= 0.3 is 6.01 Å². The number of rotatable bonds is 11. The maximum absolute atomic E-state index is 14.7. The minimum absolute atomic E-state index is 0.0376. The Hall–Kier alpha value is -3.69. The van der Waals surface area contributed by atoms with Crippen LogP contribution in [0.15, 0.2) is 51.9 Å². The number of hydrogen-bond donors (Lipinski definition) is 2. The summed E-state index contributed by atoms with van der Waals surface area (Å²) in [6.45, 7) is 9.65. The van der Waals surface area contributed by atoms with Crippen molar-refractivity contribution in [2.24, 2.45) is 17.6 Å². The Bertz CT molecular complexity index is 1650. The number of likely N-dealkylation sites (tertiary alicyclic amines) is 1. The number of benzene rings is 2. The second-order valence-electron chi connectivity index (χ2n) is 13.2. The van der Waals surface area contributed by atoms with Crippen molar-refractivity contribution in [1.82, 2.24) is 15.0 Å². The highest BCUT2D eigenvalue weighted by molar-refractivity contribution is 7.85. The highest BCUT2D eigenvalue weighted by atomic mass is 32.2. The van der Waals surface area contributed by atoms with Crippen LogP contribution in [-0.2, 0) is 21.3 Å². The second kappa shape index (κ2) is 16.3. The fraction of sp³-hybridized carbons (Fsp3) is 0.559. The van der Waals surface area contributed by atoms with Gasteiger partial charge in [0.15, 0.2) is 5.82 Å². The number of aryl methyl sites for hydroxylation is 1. The molecule has 270 valence electrons. The Morgan fingerprint density at radius 3 is 2.35 bits per heavy atom. The van der Waals surface area contributed by atoms with E-state index in [1.807, 2.05) is 20.8 Å². The van der Waals surface area contributed by atoms with E-state index in [-0.39, 0.29) is 35.8 Å². The molecule has 5 rings (SSSR count). The largest absolute Gasteiger partial charge is 0.493 e. The summed E-state index contributed by atoms with van der Waals surface area (Å²) in [6, 6.07) is 9.99. The zero-order chi connectivity index (χ0) is 35.9. The third-order valence-electron chi connectivity index (χ3n) is 8.99. The number of ether oxygens (including phenoxy) is 1. The molecule has 0 saturated carbocycles. The van der Waals surface area contributed by atoms with Crippen LogP contribution in [0.1, 0.15) is 69.3 Å². The van der Waals surface area contributed by atoms with Crippen LogP contribution in [-0.4, -0.2) is 78.7 Å². The summed E-state index contributed by atoms with van der Waals surface area (Å²) >= 11 is 0. The summed E-state index contributed by atoms with van der Waals surface area (Å²) in [5, 5.41) is 4.05. The zero-order valence-corrected chi connectivity index (χ0v) is 29.1. The molecule has 11 nitrogen and oxygen atoms in total. The maximum atomic E-state index is 14.7. The lowest BCUT2D eigenvalue weighted by atomic mass is 9.84. The molecule has 15 heteroatoms. The Labute approximate surface area is 285 Å². The predicted octanol–water partition coefficient (Wildman–Crippen LogP) is 5.63. The number of anilines is 1. The van der Waals surface area contributed by atoms with Gasteiger partial charge in [-0.1, -0.05) is 49.7 Å².